The maximum Gasteiger partial charge on any atom is 0.335 e. The molecule has 1 amide bonds. The van der Waals surface area contributed by atoms with E-state index in [1.807, 2.05) is 0 Å². The molecule has 6 heteroatoms. The molecule has 0 radical (unpaired) electrons. The number of hydrogen-bond acceptors (Lipinski definition) is 4. The van der Waals surface area contributed by atoms with Crippen LogP contribution in [0.2, 0.25) is 0 Å². The van der Waals surface area contributed by atoms with Crippen molar-refractivity contribution in [2.24, 2.45) is 0 Å². The SMILES string of the molecule is N#CCC(=O)Nc1ccc(Oc2ccc(C(=O)O)cc2)cc1. The molecule has 0 aliphatic heterocycles. The summed E-state index contributed by atoms with van der Waals surface area (Å²) in [5, 5.41) is 19.8. The maximum atomic E-state index is 11.3. The second-order valence-corrected chi connectivity index (χ2v) is 4.34. The Morgan fingerprint density at radius 2 is 1.59 bits per heavy atom. The number of nitriles is 1. The molecule has 0 heterocycles. The molecule has 0 aliphatic carbocycles. The minimum atomic E-state index is -0.996. The molecule has 6 nitrogen and oxygen atoms in total. The summed E-state index contributed by atoms with van der Waals surface area (Å²) in [7, 11) is 0. The first-order valence-electron chi connectivity index (χ1n) is 6.36. The standard InChI is InChI=1S/C16H12N2O4/c17-10-9-15(19)18-12-3-7-14(8-4-12)22-13-5-1-11(2-6-13)16(20)21/h1-8H,9H2,(H,18,19)(H,20,21). The molecule has 0 saturated carbocycles. The highest BCUT2D eigenvalue weighted by Crippen LogP contribution is 2.23. The van der Waals surface area contributed by atoms with Gasteiger partial charge in [0, 0.05) is 5.69 Å². The van der Waals surface area contributed by atoms with Crippen molar-refractivity contribution < 1.29 is 19.4 Å². The van der Waals surface area contributed by atoms with Crippen molar-refractivity contribution in [3.63, 3.8) is 0 Å². The monoisotopic (exact) mass is 296 g/mol. The molecule has 2 aromatic carbocycles. The summed E-state index contributed by atoms with van der Waals surface area (Å²) in [6.07, 6.45) is -0.200. The Morgan fingerprint density at radius 1 is 1.05 bits per heavy atom. The maximum absolute atomic E-state index is 11.3. The predicted octanol–water partition coefficient (Wildman–Crippen LogP) is 3.03. The van der Waals surface area contributed by atoms with E-state index in [0.717, 1.165) is 0 Å². The third kappa shape index (κ3) is 4.08. The Balaban J connectivity index is 2.00. The molecule has 2 aromatic rings. The van der Waals surface area contributed by atoms with E-state index < -0.39 is 5.97 Å². The van der Waals surface area contributed by atoms with Crippen LogP contribution in [-0.4, -0.2) is 17.0 Å². The number of benzene rings is 2. The highest BCUT2D eigenvalue weighted by atomic mass is 16.5. The molecule has 0 saturated heterocycles. The van der Waals surface area contributed by atoms with Gasteiger partial charge in [-0.05, 0) is 48.5 Å². The number of ether oxygens (including phenoxy) is 1. The molecule has 2 rings (SSSR count). The van der Waals surface area contributed by atoms with Gasteiger partial charge in [-0.15, -0.1) is 0 Å². The van der Waals surface area contributed by atoms with Crippen LogP contribution in [0.3, 0.4) is 0 Å². The van der Waals surface area contributed by atoms with Gasteiger partial charge < -0.3 is 15.2 Å². The molecule has 0 aromatic heterocycles. The molecule has 22 heavy (non-hydrogen) atoms. The van der Waals surface area contributed by atoms with Crippen molar-refractivity contribution in [1.82, 2.24) is 0 Å². The van der Waals surface area contributed by atoms with Crippen molar-refractivity contribution in [3.8, 4) is 17.6 Å². The lowest BCUT2D eigenvalue weighted by atomic mass is 10.2. The summed E-state index contributed by atoms with van der Waals surface area (Å²) < 4.78 is 5.56. The zero-order valence-corrected chi connectivity index (χ0v) is 11.4. The third-order valence-corrected chi connectivity index (χ3v) is 2.71. The van der Waals surface area contributed by atoms with Crippen LogP contribution >= 0.6 is 0 Å². The van der Waals surface area contributed by atoms with Crippen molar-refractivity contribution >= 4 is 17.6 Å². The normalized spacial score (nSPS) is 9.59. The van der Waals surface area contributed by atoms with Gasteiger partial charge in [-0.2, -0.15) is 5.26 Å². The lowest BCUT2D eigenvalue weighted by Gasteiger charge is -2.07. The van der Waals surface area contributed by atoms with E-state index in [0.29, 0.717) is 17.2 Å². The van der Waals surface area contributed by atoms with Crippen molar-refractivity contribution in [2.75, 3.05) is 5.32 Å². The highest BCUT2D eigenvalue weighted by Gasteiger charge is 2.04. The Morgan fingerprint density at radius 3 is 2.09 bits per heavy atom. The lowest BCUT2D eigenvalue weighted by Crippen LogP contribution is -2.09. The van der Waals surface area contributed by atoms with Gasteiger partial charge in [-0.25, -0.2) is 4.79 Å². The Labute approximate surface area is 126 Å². The Hall–Kier alpha value is -3.33. The lowest BCUT2D eigenvalue weighted by molar-refractivity contribution is -0.115. The molecule has 0 fully saturated rings. The fourth-order valence-electron chi connectivity index (χ4n) is 1.68. The predicted molar refractivity (Wildman–Crippen MR) is 78.8 cm³/mol. The molecule has 0 unspecified atom stereocenters. The van der Waals surface area contributed by atoms with Crippen LogP contribution in [0.15, 0.2) is 48.5 Å². The van der Waals surface area contributed by atoms with Gasteiger partial charge in [0.15, 0.2) is 0 Å². The van der Waals surface area contributed by atoms with Crippen LogP contribution in [-0.2, 0) is 4.79 Å². The van der Waals surface area contributed by atoms with Crippen LogP contribution < -0.4 is 10.1 Å². The molecule has 0 atom stereocenters. The minimum absolute atomic E-state index is 0.183. The molecular formula is C16H12N2O4. The van der Waals surface area contributed by atoms with E-state index in [4.69, 9.17) is 15.1 Å². The fraction of sp³-hybridized carbons (Fsp3) is 0.0625. The number of anilines is 1. The number of hydrogen-bond donors (Lipinski definition) is 2. The van der Waals surface area contributed by atoms with E-state index in [-0.39, 0.29) is 17.9 Å². The van der Waals surface area contributed by atoms with Crippen LogP contribution in [0.4, 0.5) is 5.69 Å². The quantitative estimate of drug-likeness (QED) is 0.883. The van der Waals surface area contributed by atoms with E-state index in [1.54, 1.807) is 42.5 Å². The van der Waals surface area contributed by atoms with E-state index in [2.05, 4.69) is 5.32 Å². The number of aromatic carboxylic acids is 1. The van der Waals surface area contributed by atoms with Crippen molar-refractivity contribution in [1.29, 1.82) is 5.26 Å². The second-order valence-electron chi connectivity index (χ2n) is 4.34. The van der Waals surface area contributed by atoms with Gasteiger partial charge in [0.2, 0.25) is 5.91 Å². The number of carboxylic acids is 1. The van der Waals surface area contributed by atoms with Crippen LogP contribution in [0.25, 0.3) is 0 Å². The summed E-state index contributed by atoms with van der Waals surface area (Å²) in [6.45, 7) is 0. The van der Waals surface area contributed by atoms with E-state index in [9.17, 15) is 9.59 Å². The number of nitrogens with zero attached hydrogens (tertiary/aromatic N) is 1. The number of nitrogens with one attached hydrogen (secondary N) is 1. The Bertz CT molecular complexity index is 715. The summed E-state index contributed by atoms with van der Waals surface area (Å²) in [5.41, 5.74) is 0.747. The average molecular weight is 296 g/mol. The number of carboxylic acid groups (broad SMARTS) is 1. The van der Waals surface area contributed by atoms with Crippen molar-refractivity contribution in [2.45, 2.75) is 6.42 Å². The molecule has 0 aliphatic rings. The number of rotatable bonds is 5. The zero-order chi connectivity index (χ0) is 15.9. The van der Waals surface area contributed by atoms with E-state index in [1.165, 1.54) is 12.1 Å². The number of amides is 1. The van der Waals surface area contributed by atoms with Gasteiger partial charge in [-0.3, -0.25) is 4.79 Å². The molecule has 0 bridgehead atoms. The summed E-state index contributed by atoms with van der Waals surface area (Å²) in [4.78, 5) is 22.0. The number of carbonyl (C=O) groups excluding carboxylic acids is 1. The van der Waals surface area contributed by atoms with Gasteiger partial charge in [0.25, 0.3) is 0 Å². The van der Waals surface area contributed by atoms with Crippen LogP contribution in [0.1, 0.15) is 16.8 Å². The van der Waals surface area contributed by atoms with Gasteiger partial charge in [-0.1, -0.05) is 0 Å². The summed E-state index contributed by atoms with van der Waals surface area (Å²) in [5.74, 6) is -0.322. The molecule has 2 N–H and O–H groups in total. The molecular weight excluding hydrogens is 284 g/mol. The Kier molecular flexibility index (Phi) is 4.73. The zero-order valence-electron chi connectivity index (χ0n) is 11.4. The highest BCUT2D eigenvalue weighted by molar-refractivity contribution is 5.92. The third-order valence-electron chi connectivity index (χ3n) is 2.71. The topological polar surface area (TPSA) is 99.4 Å². The average Bonchev–Trinajstić information content (AvgIpc) is 2.50. The largest absolute Gasteiger partial charge is 0.478 e. The number of carbonyl (C=O) groups is 2. The summed E-state index contributed by atoms with van der Waals surface area (Å²) in [6, 6.07) is 14.4. The molecule has 110 valence electrons. The van der Waals surface area contributed by atoms with Gasteiger partial charge in [0.1, 0.15) is 17.9 Å². The fourth-order valence-corrected chi connectivity index (χ4v) is 1.68. The van der Waals surface area contributed by atoms with Crippen LogP contribution in [0, 0.1) is 11.3 Å². The minimum Gasteiger partial charge on any atom is -0.478 e. The van der Waals surface area contributed by atoms with Crippen LogP contribution in [0.5, 0.6) is 11.5 Å². The van der Waals surface area contributed by atoms with Gasteiger partial charge in [0.05, 0.1) is 11.6 Å². The van der Waals surface area contributed by atoms with Crippen molar-refractivity contribution in [3.05, 3.63) is 54.1 Å². The first-order chi connectivity index (χ1) is 10.6. The summed E-state index contributed by atoms with van der Waals surface area (Å²) >= 11 is 0. The molecule has 0 spiro atoms. The smallest absolute Gasteiger partial charge is 0.335 e. The first-order valence-corrected chi connectivity index (χ1v) is 6.36. The first kappa shape index (κ1) is 15.1. The van der Waals surface area contributed by atoms with Gasteiger partial charge >= 0.3 is 5.97 Å². The second kappa shape index (κ2) is 6.90. The van der Waals surface area contributed by atoms with E-state index >= 15 is 0 Å².